The Kier molecular flexibility index (Phi) is 2.98. The van der Waals surface area contributed by atoms with Gasteiger partial charge in [-0.15, -0.1) is 0 Å². The summed E-state index contributed by atoms with van der Waals surface area (Å²) in [5, 5.41) is 0. The average Bonchev–Trinajstić information content (AvgIpc) is 3.30. The van der Waals surface area contributed by atoms with Crippen LogP contribution in [0, 0.1) is 29.5 Å². The van der Waals surface area contributed by atoms with Crippen molar-refractivity contribution in [3.63, 3.8) is 0 Å². The first-order chi connectivity index (χ1) is 11.6. The zero-order valence-corrected chi connectivity index (χ0v) is 13.3. The number of carbonyl (C=O) groups is 2. The van der Waals surface area contributed by atoms with Crippen LogP contribution in [0.25, 0.3) is 0 Å². The maximum Gasteiger partial charge on any atom is 0.251 e. The number of fused-ring (bicyclic) bond motifs is 5. The minimum atomic E-state index is -0.371. The molecule has 5 rings (SSSR count). The van der Waals surface area contributed by atoms with E-state index in [1.165, 1.54) is 35.6 Å². The Morgan fingerprint density at radius 1 is 0.958 bits per heavy atom. The predicted molar refractivity (Wildman–Crippen MR) is 86.6 cm³/mol. The number of anilines is 1. The lowest BCUT2D eigenvalue weighted by molar-refractivity contribution is -0.122. The molecule has 0 radical (unpaired) electrons. The lowest BCUT2D eigenvalue weighted by atomic mass is 9.86. The van der Waals surface area contributed by atoms with Crippen molar-refractivity contribution in [2.24, 2.45) is 23.7 Å². The number of allylic oxidation sites excluding steroid dienone is 2. The van der Waals surface area contributed by atoms with Crippen LogP contribution in [-0.2, 0) is 9.59 Å². The molecule has 2 aliphatic heterocycles. The van der Waals surface area contributed by atoms with Gasteiger partial charge in [0.1, 0.15) is 5.82 Å². The first-order valence-electron chi connectivity index (χ1n) is 8.66. The van der Waals surface area contributed by atoms with E-state index in [4.69, 9.17) is 0 Å². The summed E-state index contributed by atoms with van der Waals surface area (Å²) in [5.74, 6) is 1.88. The van der Waals surface area contributed by atoms with Crippen molar-refractivity contribution in [2.45, 2.75) is 18.9 Å². The molecule has 1 aromatic rings. The van der Waals surface area contributed by atoms with E-state index in [9.17, 15) is 14.0 Å². The van der Waals surface area contributed by atoms with Crippen LogP contribution in [-0.4, -0.2) is 35.8 Å². The molecule has 5 heteroatoms. The molecular formula is C19H19FN2O2. The van der Waals surface area contributed by atoms with Crippen LogP contribution >= 0.6 is 0 Å². The molecule has 0 N–H and O–H groups in total. The molecule has 124 valence electrons. The van der Waals surface area contributed by atoms with Crippen molar-refractivity contribution < 1.29 is 14.0 Å². The second kappa shape index (κ2) is 4.99. The van der Waals surface area contributed by atoms with Gasteiger partial charge in [-0.2, -0.15) is 0 Å². The number of imide groups is 1. The van der Waals surface area contributed by atoms with Crippen LogP contribution in [0.2, 0.25) is 0 Å². The van der Waals surface area contributed by atoms with Gasteiger partial charge in [-0.05, 0) is 54.4 Å². The van der Waals surface area contributed by atoms with Gasteiger partial charge in [-0.3, -0.25) is 14.5 Å². The number of nitrogens with zero attached hydrogens (tertiary/aromatic N) is 2. The molecule has 2 amide bonds. The third-order valence-electron chi connectivity index (χ3n) is 6.34. The highest BCUT2D eigenvalue weighted by atomic mass is 19.1. The number of hydrogen-bond donors (Lipinski definition) is 0. The SMILES string of the molecule is O=C1C[C@@H](N2C[C@@H]3[C@H](C2)[C@@H]2C=C[C@H]3C2)C(=O)N1c1ccc(F)cc1. The summed E-state index contributed by atoms with van der Waals surface area (Å²) < 4.78 is 13.1. The summed E-state index contributed by atoms with van der Waals surface area (Å²) in [6, 6.07) is 5.21. The Morgan fingerprint density at radius 3 is 2.21 bits per heavy atom. The summed E-state index contributed by atoms with van der Waals surface area (Å²) in [4.78, 5) is 28.7. The number of rotatable bonds is 2. The minimum absolute atomic E-state index is 0.160. The van der Waals surface area contributed by atoms with E-state index in [0.717, 1.165) is 13.1 Å². The van der Waals surface area contributed by atoms with E-state index in [-0.39, 0.29) is 30.1 Å². The molecule has 2 heterocycles. The molecule has 24 heavy (non-hydrogen) atoms. The molecule has 5 atom stereocenters. The Hall–Kier alpha value is -2.01. The third kappa shape index (κ3) is 1.94. The van der Waals surface area contributed by atoms with E-state index in [1.54, 1.807) is 0 Å². The molecule has 4 aliphatic rings. The fourth-order valence-corrected chi connectivity index (χ4v) is 5.20. The van der Waals surface area contributed by atoms with Crippen LogP contribution in [0.1, 0.15) is 12.8 Å². The van der Waals surface area contributed by atoms with E-state index in [1.807, 2.05) is 0 Å². The molecular weight excluding hydrogens is 307 g/mol. The number of likely N-dealkylation sites (tertiary alicyclic amines) is 1. The van der Waals surface area contributed by atoms with Gasteiger partial charge in [0.2, 0.25) is 5.91 Å². The molecule has 0 spiro atoms. The number of halogens is 1. The van der Waals surface area contributed by atoms with Crippen LogP contribution in [0.15, 0.2) is 36.4 Å². The summed E-state index contributed by atoms with van der Waals surface area (Å²) in [6.45, 7) is 1.83. The summed E-state index contributed by atoms with van der Waals surface area (Å²) in [6.07, 6.45) is 6.17. The highest BCUT2D eigenvalue weighted by Gasteiger charge is 2.53. The third-order valence-corrected chi connectivity index (χ3v) is 6.34. The maximum absolute atomic E-state index is 13.1. The largest absolute Gasteiger partial charge is 0.291 e. The average molecular weight is 326 g/mol. The highest BCUT2D eigenvalue weighted by molar-refractivity contribution is 6.22. The molecule has 1 aromatic carbocycles. The van der Waals surface area contributed by atoms with Gasteiger partial charge in [0, 0.05) is 13.1 Å². The Morgan fingerprint density at radius 2 is 1.58 bits per heavy atom. The molecule has 4 nitrogen and oxygen atoms in total. The lowest BCUT2D eigenvalue weighted by Gasteiger charge is -2.24. The fourth-order valence-electron chi connectivity index (χ4n) is 5.20. The van der Waals surface area contributed by atoms with E-state index < -0.39 is 0 Å². The van der Waals surface area contributed by atoms with Gasteiger partial charge >= 0.3 is 0 Å². The highest BCUT2D eigenvalue weighted by Crippen LogP contribution is 2.52. The van der Waals surface area contributed by atoms with Crippen molar-refractivity contribution in [1.82, 2.24) is 4.90 Å². The number of carbonyl (C=O) groups excluding carboxylic acids is 2. The maximum atomic E-state index is 13.1. The van der Waals surface area contributed by atoms with Crippen LogP contribution in [0.4, 0.5) is 10.1 Å². The second-order valence-electron chi connectivity index (χ2n) is 7.49. The summed E-state index contributed by atoms with van der Waals surface area (Å²) >= 11 is 0. The number of hydrogen-bond acceptors (Lipinski definition) is 3. The minimum Gasteiger partial charge on any atom is -0.291 e. The summed E-state index contributed by atoms with van der Waals surface area (Å²) in [7, 11) is 0. The Bertz CT molecular complexity index is 724. The number of benzene rings is 1. The van der Waals surface area contributed by atoms with Crippen molar-refractivity contribution in [2.75, 3.05) is 18.0 Å². The monoisotopic (exact) mass is 326 g/mol. The predicted octanol–water partition coefficient (Wildman–Crippen LogP) is 2.21. The van der Waals surface area contributed by atoms with E-state index in [2.05, 4.69) is 17.1 Å². The topological polar surface area (TPSA) is 40.6 Å². The molecule has 2 saturated heterocycles. The van der Waals surface area contributed by atoms with Crippen LogP contribution < -0.4 is 4.90 Å². The first-order valence-corrected chi connectivity index (χ1v) is 8.66. The normalized spacial score (nSPS) is 37.7. The fraction of sp³-hybridized carbons (Fsp3) is 0.474. The van der Waals surface area contributed by atoms with Crippen molar-refractivity contribution >= 4 is 17.5 Å². The van der Waals surface area contributed by atoms with Gasteiger partial charge in [-0.25, -0.2) is 9.29 Å². The zero-order valence-electron chi connectivity index (χ0n) is 13.3. The van der Waals surface area contributed by atoms with Crippen molar-refractivity contribution in [1.29, 1.82) is 0 Å². The Labute approximate surface area is 139 Å². The molecule has 3 fully saturated rings. The summed E-state index contributed by atoms with van der Waals surface area (Å²) in [5.41, 5.74) is 0.468. The number of amides is 2. The zero-order chi connectivity index (χ0) is 16.4. The van der Waals surface area contributed by atoms with Crippen LogP contribution in [0.5, 0.6) is 0 Å². The van der Waals surface area contributed by atoms with Crippen LogP contribution in [0.3, 0.4) is 0 Å². The standard InChI is InChI=1S/C19H19FN2O2/c20-13-3-5-14(6-4-13)22-18(23)8-17(19(22)24)21-9-15-11-1-2-12(7-11)16(15)10-21/h1-6,11-12,15-17H,7-10H2/t11-,12+,15-,16+,17-/m1/s1. The lowest BCUT2D eigenvalue weighted by Crippen LogP contribution is -2.41. The molecule has 0 aromatic heterocycles. The van der Waals surface area contributed by atoms with Gasteiger partial charge in [-0.1, -0.05) is 12.2 Å². The molecule has 2 bridgehead atoms. The van der Waals surface area contributed by atoms with Gasteiger partial charge in [0.05, 0.1) is 18.2 Å². The molecule has 0 unspecified atom stereocenters. The second-order valence-corrected chi connectivity index (χ2v) is 7.49. The van der Waals surface area contributed by atoms with E-state index >= 15 is 0 Å². The van der Waals surface area contributed by atoms with E-state index in [0.29, 0.717) is 29.4 Å². The molecule has 1 saturated carbocycles. The van der Waals surface area contributed by atoms with Gasteiger partial charge in [0.25, 0.3) is 5.91 Å². The van der Waals surface area contributed by atoms with Crippen molar-refractivity contribution in [3.05, 3.63) is 42.2 Å². The Balaban J connectivity index is 1.36. The van der Waals surface area contributed by atoms with Gasteiger partial charge < -0.3 is 0 Å². The van der Waals surface area contributed by atoms with Gasteiger partial charge in [0.15, 0.2) is 0 Å². The molecule has 2 aliphatic carbocycles. The quantitative estimate of drug-likeness (QED) is 0.618. The first kappa shape index (κ1) is 14.3. The smallest absolute Gasteiger partial charge is 0.251 e. The van der Waals surface area contributed by atoms with Crippen molar-refractivity contribution in [3.8, 4) is 0 Å².